The first kappa shape index (κ1) is 77.0. The van der Waals surface area contributed by atoms with E-state index >= 15 is 0 Å². The fourth-order valence-corrected chi connectivity index (χ4v) is 16.0. The van der Waals surface area contributed by atoms with Gasteiger partial charge in [-0.1, -0.05) is 0 Å². The first-order chi connectivity index (χ1) is 58.0. The smallest absolute Gasteiger partial charge is 0.291 e. The van der Waals surface area contributed by atoms with Crippen molar-refractivity contribution in [3.05, 3.63) is 241 Å². The molecule has 29 nitrogen and oxygen atoms in total. The molecule has 0 aliphatic carbocycles. The van der Waals surface area contributed by atoms with E-state index in [0.29, 0.717) is 52.4 Å². The van der Waals surface area contributed by atoms with Gasteiger partial charge in [0, 0.05) is 169 Å². The molecule has 16 heterocycles. The molecule has 31 heteroatoms. The lowest BCUT2D eigenvalue weighted by Gasteiger charge is -2.30. The van der Waals surface area contributed by atoms with Crippen LogP contribution in [-0.2, 0) is 0 Å². The zero-order valence-corrected chi connectivity index (χ0v) is 66.1. The van der Waals surface area contributed by atoms with Crippen LogP contribution in [0.4, 0.5) is 51.2 Å². The predicted molar refractivity (Wildman–Crippen MR) is 463 cm³/mol. The van der Waals surface area contributed by atoms with E-state index in [9.17, 15) is 19.2 Å². The lowest BCUT2D eigenvalue weighted by atomic mass is 10.1. The number of thiazole rings is 1. The summed E-state index contributed by atoms with van der Waals surface area (Å²) < 4.78 is 31.5. The molecular weight excluding hydrogens is 1530 g/mol. The summed E-state index contributed by atoms with van der Waals surface area (Å²) in [5.74, 6) is 3.25. The first-order valence-corrected chi connectivity index (χ1v) is 40.7. The number of likely N-dealkylation sites (N-methyl/N-ethyl adjacent to an activating group) is 1. The molecular formula is C87H84N20O9S2. The van der Waals surface area contributed by atoms with Crippen LogP contribution in [0.25, 0.3) is 76.5 Å². The molecule has 0 radical (unpaired) electrons. The fraction of sp³-hybridized carbons (Fsp3) is 0.218. The van der Waals surface area contributed by atoms with E-state index in [1.54, 1.807) is 109 Å². The standard InChI is InChI=1S/C23H25N5O3.C22H20N4O2S.C21H20N6O2.C21H19N5O2S/c1-27-12-13-30-22-14-16(2-3-19(22)27)20-4-5-21(31-20)23(29)26-17-15-25-7-6-18(17)28-10-8-24-9-11-28;27-22(25-17-14-24-7-5-18(17)26-10-8-23-9-11-26)20-3-2-19(28-20)15-1-4-21-16(13-15)6-12-29-21;28-21(25-17-13-23-6-5-18(17)27-9-7-22-8-10-27)20-4-3-19(29-20)14-1-2-16-15(11-14)12-24-26-16;27-21(25-16-12-23-6-5-17(16)26-9-7-22-8-10-26)19-3-2-18(28-19)14-1-4-20-15(11-14)24-13-29-20/h2-7,14-15,24H,8-13H2,1H3,(H,26,29);1-7,12-14,23H,8-11H2,(H,25,27);1-6,11-13,22H,7-10H2,(H,24,26)(H,25,28);1-6,11-13,22H,7-10H2,(H,25,27). The van der Waals surface area contributed by atoms with E-state index in [2.05, 4.69) is 126 Å². The molecule has 5 aliphatic rings. The van der Waals surface area contributed by atoms with Gasteiger partial charge in [0.05, 0.1) is 110 Å². The molecule has 11 aromatic heterocycles. The number of anilines is 9. The normalized spacial score (nSPS) is 14.7. The summed E-state index contributed by atoms with van der Waals surface area (Å²) in [5.41, 5.74) is 15.0. The third-order valence-corrected chi connectivity index (χ3v) is 22.5. The van der Waals surface area contributed by atoms with Crippen molar-refractivity contribution >= 4 is 129 Å². The number of rotatable bonds is 16. The monoisotopic (exact) mass is 1620 g/mol. The summed E-state index contributed by atoms with van der Waals surface area (Å²) in [5, 5.41) is 36.3. The Kier molecular flexibility index (Phi) is 23.6. The molecule has 20 rings (SSSR count). The summed E-state index contributed by atoms with van der Waals surface area (Å²) in [4.78, 5) is 83.4. The van der Waals surface area contributed by atoms with Crippen LogP contribution in [0.3, 0.4) is 0 Å². The third kappa shape index (κ3) is 17.9. The van der Waals surface area contributed by atoms with Gasteiger partial charge in [0.2, 0.25) is 0 Å². The number of H-pyrrole nitrogens is 1. The van der Waals surface area contributed by atoms with Crippen molar-refractivity contribution in [1.82, 2.24) is 56.4 Å². The van der Waals surface area contributed by atoms with Gasteiger partial charge in [-0.05, 0) is 162 Å². The SMILES string of the molecule is CN1CCOc2cc(-c3ccc(C(=O)Nc4cnccc4N4CCNCC4)o3)ccc21.O=C(Nc1cnccc1N1CCNCC1)c1ccc(-c2ccc3[nH]ncc3c2)o1.O=C(Nc1cnccc1N1CCNCC1)c1ccc(-c2ccc3sccc3c2)o1.O=C(Nc1cnccc1N1CCNCC1)c1ccc(-c2ccc3scnc3c2)o1. The second-order valence-corrected chi connectivity index (χ2v) is 30.2. The number of nitrogens with one attached hydrogen (secondary N) is 9. The molecule has 4 aromatic carbocycles. The number of carbonyl (C=O) groups excluding carboxylic acids is 4. The summed E-state index contributed by atoms with van der Waals surface area (Å²) in [6, 6.07) is 47.8. The first-order valence-electron chi connectivity index (χ1n) is 39.0. The number of amides is 4. The van der Waals surface area contributed by atoms with Crippen molar-refractivity contribution in [3.63, 3.8) is 0 Å². The Morgan fingerprint density at radius 2 is 0.771 bits per heavy atom. The summed E-state index contributed by atoms with van der Waals surface area (Å²) in [7, 11) is 2.05. The van der Waals surface area contributed by atoms with Gasteiger partial charge >= 0.3 is 0 Å². The highest BCUT2D eigenvalue weighted by Crippen LogP contribution is 2.38. The number of pyridine rings is 4. The molecule has 5 aliphatic heterocycles. The Balaban J connectivity index is 0.000000113. The van der Waals surface area contributed by atoms with Crippen LogP contribution in [0.5, 0.6) is 5.75 Å². The van der Waals surface area contributed by atoms with Crippen molar-refractivity contribution in [2.24, 2.45) is 0 Å². The zero-order valence-electron chi connectivity index (χ0n) is 64.4. The van der Waals surface area contributed by atoms with Crippen LogP contribution >= 0.6 is 22.7 Å². The largest absolute Gasteiger partial charge is 0.490 e. The second-order valence-electron chi connectivity index (χ2n) is 28.3. The molecule has 0 unspecified atom stereocenters. The van der Waals surface area contributed by atoms with Gasteiger partial charge in [-0.15, -0.1) is 22.7 Å². The van der Waals surface area contributed by atoms with Crippen LogP contribution in [0.2, 0.25) is 0 Å². The van der Waals surface area contributed by atoms with Gasteiger partial charge < -0.3 is 89.4 Å². The van der Waals surface area contributed by atoms with Crippen LogP contribution < -0.4 is 71.8 Å². The summed E-state index contributed by atoms with van der Waals surface area (Å²) in [6.45, 7) is 15.9. The van der Waals surface area contributed by atoms with Crippen LogP contribution in [0.15, 0.2) is 236 Å². The number of hydrogen-bond donors (Lipinski definition) is 9. The highest BCUT2D eigenvalue weighted by Gasteiger charge is 2.26. The molecule has 118 heavy (non-hydrogen) atoms. The molecule has 15 aromatic rings. The topological polar surface area (TPSA) is 336 Å². The van der Waals surface area contributed by atoms with Crippen molar-refractivity contribution in [3.8, 4) is 51.0 Å². The van der Waals surface area contributed by atoms with Gasteiger partial charge in [0.1, 0.15) is 35.4 Å². The number of piperazine rings is 4. The van der Waals surface area contributed by atoms with Crippen LogP contribution in [0, 0.1) is 0 Å². The van der Waals surface area contributed by atoms with Gasteiger partial charge in [0.25, 0.3) is 23.6 Å². The highest BCUT2D eigenvalue weighted by atomic mass is 32.1. The van der Waals surface area contributed by atoms with Crippen molar-refractivity contribution in [2.75, 3.05) is 171 Å². The molecule has 0 saturated carbocycles. The van der Waals surface area contributed by atoms with Gasteiger partial charge in [-0.3, -0.25) is 44.2 Å². The summed E-state index contributed by atoms with van der Waals surface area (Å²) in [6.07, 6.45) is 15.4. The van der Waals surface area contributed by atoms with Gasteiger partial charge in [-0.25, -0.2) is 4.98 Å². The summed E-state index contributed by atoms with van der Waals surface area (Å²) >= 11 is 3.30. The lowest BCUT2D eigenvalue weighted by molar-refractivity contribution is 0.0990. The number of furan rings is 4. The quantitative estimate of drug-likeness (QED) is 0.0434. The number of aromatic nitrogens is 7. The van der Waals surface area contributed by atoms with E-state index < -0.39 is 0 Å². The maximum absolute atomic E-state index is 12.9. The Morgan fingerprint density at radius 1 is 0.381 bits per heavy atom. The lowest BCUT2D eigenvalue weighted by Crippen LogP contribution is -2.43. The molecule has 0 atom stereocenters. The van der Waals surface area contributed by atoms with Crippen LogP contribution in [-0.4, -0.2) is 184 Å². The molecule has 598 valence electrons. The average Bonchev–Trinajstić information content (AvgIpc) is 1.82. The number of ether oxygens (including phenoxy) is 1. The van der Waals surface area contributed by atoms with Gasteiger partial charge in [0.15, 0.2) is 23.0 Å². The molecule has 9 N–H and O–H groups in total. The third-order valence-electron chi connectivity index (χ3n) is 20.8. The predicted octanol–water partition coefficient (Wildman–Crippen LogP) is 13.5. The van der Waals surface area contributed by atoms with E-state index in [0.717, 1.165) is 189 Å². The van der Waals surface area contributed by atoms with E-state index in [1.807, 2.05) is 116 Å². The Morgan fingerprint density at radius 3 is 1.21 bits per heavy atom. The number of benzene rings is 4. The number of fused-ring (bicyclic) bond motifs is 4. The minimum absolute atomic E-state index is 0.251. The Hall–Kier alpha value is -13.6. The van der Waals surface area contributed by atoms with Crippen molar-refractivity contribution < 1.29 is 41.6 Å². The fourth-order valence-electron chi connectivity index (χ4n) is 14.6. The highest BCUT2D eigenvalue weighted by molar-refractivity contribution is 7.17. The molecule has 4 fully saturated rings. The Bertz CT molecular complexity index is 5590. The maximum atomic E-state index is 12.9. The number of aromatic amines is 1. The van der Waals surface area contributed by atoms with Crippen LogP contribution in [0.1, 0.15) is 42.2 Å². The number of carbonyl (C=O) groups is 4. The van der Waals surface area contributed by atoms with E-state index in [1.165, 1.54) is 10.1 Å². The van der Waals surface area contributed by atoms with E-state index in [4.69, 9.17) is 22.4 Å². The van der Waals surface area contributed by atoms with Crippen molar-refractivity contribution in [2.45, 2.75) is 0 Å². The second kappa shape index (κ2) is 36.1. The molecule has 4 saturated heterocycles. The molecule has 0 spiro atoms. The number of hydrogen-bond acceptors (Lipinski definition) is 26. The minimum Gasteiger partial charge on any atom is -0.490 e. The zero-order chi connectivity index (χ0) is 80.1. The van der Waals surface area contributed by atoms with Gasteiger partial charge in [-0.2, -0.15) is 5.10 Å². The van der Waals surface area contributed by atoms with Crippen molar-refractivity contribution in [1.29, 1.82) is 0 Å². The average molecular weight is 1620 g/mol. The Labute approximate surface area is 685 Å². The number of thiophene rings is 1. The maximum Gasteiger partial charge on any atom is 0.291 e. The molecule has 4 amide bonds. The number of nitrogens with zero attached hydrogens (tertiary/aromatic N) is 11. The molecule has 0 bridgehead atoms. The minimum atomic E-state index is -0.301. The van der Waals surface area contributed by atoms with E-state index in [-0.39, 0.29) is 46.7 Å².